The zero-order chi connectivity index (χ0) is 14.9. The minimum Gasteiger partial charge on any atom is -0.465 e. The van der Waals surface area contributed by atoms with Gasteiger partial charge in [0.25, 0.3) is 5.91 Å². The minimum atomic E-state index is -0.0536. The van der Waals surface area contributed by atoms with Crippen molar-refractivity contribution < 1.29 is 14.0 Å². The smallest absolute Gasteiger partial charge is 0.257 e. The summed E-state index contributed by atoms with van der Waals surface area (Å²) in [6.07, 6.45) is 0.351. The minimum absolute atomic E-state index is 0.000986. The van der Waals surface area contributed by atoms with Gasteiger partial charge >= 0.3 is 0 Å². The Hall–Kier alpha value is -1.78. The third-order valence-electron chi connectivity index (χ3n) is 3.70. The molecular formula is C15H22N2O3. The third kappa shape index (κ3) is 2.86. The number of nitrogens with zero attached hydrogens (tertiary/aromatic N) is 1. The lowest BCUT2D eigenvalue weighted by Crippen LogP contribution is -2.41. The molecule has 0 aliphatic carbocycles. The van der Waals surface area contributed by atoms with Crippen LogP contribution in [-0.4, -0.2) is 35.8 Å². The van der Waals surface area contributed by atoms with Gasteiger partial charge in [0.1, 0.15) is 11.5 Å². The summed E-state index contributed by atoms with van der Waals surface area (Å²) in [7, 11) is 0. The molecule has 1 aliphatic heterocycles. The van der Waals surface area contributed by atoms with E-state index in [0.29, 0.717) is 30.8 Å². The van der Waals surface area contributed by atoms with Crippen molar-refractivity contribution >= 4 is 11.8 Å². The van der Waals surface area contributed by atoms with Crippen LogP contribution in [0.1, 0.15) is 55.0 Å². The van der Waals surface area contributed by atoms with E-state index < -0.39 is 0 Å². The Morgan fingerprint density at radius 1 is 1.50 bits per heavy atom. The van der Waals surface area contributed by atoms with Crippen molar-refractivity contribution in [1.29, 1.82) is 0 Å². The first-order valence-corrected chi connectivity index (χ1v) is 7.08. The van der Waals surface area contributed by atoms with Crippen molar-refractivity contribution in [3.05, 3.63) is 23.2 Å². The van der Waals surface area contributed by atoms with Gasteiger partial charge in [-0.1, -0.05) is 13.8 Å². The van der Waals surface area contributed by atoms with Gasteiger partial charge in [0.15, 0.2) is 0 Å². The van der Waals surface area contributed by atoms with Crippen LogP contribution in [-0.2, 0) is 4.79 Å². The average molecular weight is 278 g/mol. The lowest BCUT2D eigenvalue weighted by molar-refractivity contribution is -0.120. The molecule has 110 valence electrons. The maximum absolute atomic E-state index is 12.7. The van der Waals surface area contributed by atoms with Gasteiger partial charge in [-0.2, -0.15) is 0 Å². The molecule has 0 bridgehead atoms. The third-order valence-corrected chi connectivity index (χ3v) is 3.70. The molecular weight excluding hydrogens is 256 g/mol. The van der Waals surface area contributed by atoms with E-state index in [4.69, 9.17) is 4.42 Å². The van der Waals surface area contributed by atoms with Crippen LogP contribution in [0.3, 0.4) is 0 Å². The molecule has 5 heteroatoms. The number of rotatable bonds is 2. The molecule has 2 heterocycles. The molecule has 1 atom stereocenters. The highest BCUT2D eigenvalue weighted by Crippen LogP contribution is 2.23. The standard InChI is InChI=1S/C15H22N2O3/c1-9(2)13-7-12(11(4)20-13)15(19)17-6-5-14(18)16-8-10(17)3/h7,9-10H,5-6,8H2,1-4H3,(H,16,18). The molecule has 0 radical (unpaired) electrons. The normalized spacial score (nSPS) is 19.9. The second kappa shape index (κ2) is 5.69. The number of nitrogens with one attached hydrogen (secondary N) is 1. The maximum atomic E-state index is 12.7. The molecule has 0 spiro atoms. The predicted octanol–water partition coefficient (Wildman–Crippen LogP) is 2.06. The Balaban J connectivity index is 2.23. The van der Waals surface area contributed by atoms with Gasteiger partial charge < -0.3 is 14.6 Å². The van der Waals surface area contributed by atoms with E-state index in [0.717, 1.165) is 5.76 Å². The summed E-state index contributed by atoms with van der Waals surface area (Å²) >= 11 is 0. The summed E-state index contributed by atoms with van der Waals surface area (Å²) in [5, 5.41) is 2.81. The van der Waals surface area contributed by atoms with Crippen molar-refractivity contribution in [3.8, 4) is 0 Å². The zero-order valence-corrected chi connectivity index (χ0v) is 12.5. The Bertz CT molecular complexity index is 519. The van der Waals surface area contributed by atoms with Crippen molar-refractivity contribution in [2.24, 2.45) is 0 Å². The highest BCUT2D eigenvalue weighted by atomic mass is 16.3. The Morgan fingerprint density at radius 3 is 2.80 bits per heavy atom. The van der Waals surface area contributed by atoms with Crippen LogP contribution in [0.15, 0.2) is 10.5 Å². The van der Waals surface area contributed by atoms with Crippen LogP contribution in [0.5, 0.6) is 0 Å². The van der Waals surface area contributed by atoms with Crippen LogP contribution in [0.25, 0.3) is 0 Å². The highest BCUT2D eigenvalue weighted by Gasteiger charge is 2.28. The fraction of sp³-hybridized carbons (Fsp3) is 0.600. The van der Waals surface area contributed by atoms with Gasteiger partial charge in [-0.25, -0.2) is 0 Å². The Morgan fingerprint density at radius 2 is 2.20 bits per heavy atom. The van der Waals surface area contributed by atoms with Gasteiger partial charge in [-0.3, -0.25) is 9.59 Å². The summed E-state index contributed by atoms with van der Waals surface area (Å²) in [6, 6.07) is 1.82. The molecule has 0 aromatic carbocycles. The van der Waals surface area contributed by atoms with Gasteiger partial charge in [-0.05, 0) is 19.9 Å². The van der Waals surface area contributed by atoms with E-state index in [1.54, 1.807) is 4.90 Å². The number of aryl methyl sites for hydroxylation is 1. The largest absolute Gasteiger partial charge is 0.465 e. The summed E-state index contributed by atoms with van der Waals surface area (Å²) in [5.41, 5.74) is 0.606. The summed E-state index contributed by atoms with van der Waals surface area (Å²) in [5.74, 6) is 1.66. The van der Waals surface area contributed by atoms with Gasteiger partial charge in [0.2, 0.25) is 5.91 Å². The quantitative estimate of drug-likeness (QED) is 0.900. The summed E-state index contributed by atoms with van der Waals surface area (Å²) < 4.78 is 5.65. The predicted molar refractivity (Wildman–Crippen MR) is 75.7 cm³/mol. The van der Waals surface area contributed by atoms with E-state index in [9.17, 15) is 9.59 Å². The van der Waals surface area contributed by atoms with Crippen LogP contribution >= 0.6 is 0 Å². The Kier molecular flexibility index (Phi) is 4.16. The van der Waals surface area contributed by atoms with Crippen LogP contribution in [0.2, 0.25) is 0 Å². The van der Waals surface area contributed by atoms with E-state index >= 15 is 0 Å². The SMILES string of the molecule is Cc1oc(C(C)C)cc1C(=O)N1CCC(=O)NCC1C. The number of amides is 2. The first-order chi connectivity index (χ1) is 9.40. The number of furan rings is 1. The van der Waals surface area contributed by atoms with Gasteiger partial charge in [-0.15, -0.1) is 0 Å². The second-order valence-corrected chi connectivity index (χ2v) is 5.67. The molecule has 1 aliphatic rings. The van der Waals surface area contributed by atoms with E-state index in [2.05, 4.69) is 5.32 Å². The summed E-state index contributed by atoms with van der Waals surface area (Å²) in [6.45, 7) is 8.77. The monoisotopic (exact) mass is 278 g/mol. The molecule has 20 heavy (non-hydrogen) atoms. The van der Waals surface area contributed by atoms with E-state index in [-0.39, 0.29) is 23.8 Å². The molecule has 1 saturated heterocycles. The lowest BCUT2D eigenvalue weighted by atomic mass is 10.1. The number of hydrogen-bond acceptors (Lipinski definition) is 3. The molecule has 1 aromatic rings. The topological polar surface area (TPSA) is 62.6 Å². The Labute approximate surface area is 119 Å². The number of carbonyl (C=O) groups is 2. The van der Waals surface area contributed by atoms with Crippen LogP contribution in [0, 0.1) is 6.92 Å². The maximum Gasteiger partial charge on any atom is 0.257 e. The van der Waals surface area contributed by atoms with Crippen molar-refractivity contribution in [2.45, 2.75) is 46.1 Å². The second-order valence-electron chi connectivity index (χ2n) is 5.67. The average Bonchev–Trinajstić information content (AvgIpc) is 2.70. The molecule has 1 unspecified atom stereocenters. The van der Waals surface area contributed by atoms with Crippen molar-refractivity contribution in [1.82, 2.24) is 10.2 Å². The van der Waals surface area contributed by atoms with Crippen LogP contribution < -0.4 is 5.32 Å². The first kappa shape index (κ1) is 14.6. The molecule has 1 aromatic heterocycles. The summed E-state index contributed by atoms with van der Waals surface area (Å²) in [4.78, 5) is 25.8. The van der Waals surface area contributed by atoms with Crippen molar-refractivity contribution in [2.75, 3.05) is 13.1 Å². The van der Waals surface area contributed by atoms with Gasteiger partial charge in [0.05, 0.1) is 5.56 Å². The van der Waals surface area contributed by atoms with Gasteiger partial charge in [0, 0.05) is 31.5 Å². The first-order valence-electron chi connectivity index (χ1n) is 7.08. The molecule has 1 fully saturated rings. The molecule has 2 rings (SSSR count). The molecule has 1 N–H and O–H groups in total. The number of carbonyl (C=O) groups excluding carboxylic acids is 2. The molecule has 2 amide bonds. The van der Waals surface area contributed by atoms with E-state index in [1.807, 2.05) is 33.8 Å². The fourth-order valence-corrected chi connectivity index (χ4v) is 2.36. The lowest BCUT2D eigenvalue weighted by Gasteiger charge is -2.26. The zero-order valence-electron chi connectivity index (χ0n) is 12.5. The molecule has 5 nitrogen and oxygen atoms in total. The fourth-order valence-electron chi connectivity index (χ4n) is 2.36. The van der Waals surface area contributed by atoms with Crippen molar-refractivity contribution in [3.63, 3.8) is 0 Å². The highest BCUT2D eigenvalue weighted by molar-refractivity contribution is 5.96. The van der Waals surface area contributed by atoms with E-state index in [1.165, 1.54) is 0 Å². The molecule has 0 saturated carbocycles. The van der Waals surface area contributed by atoms with Crippen LogP contribution in [0.4, 0.5) is 0 Å². The number of hydrogen-bond donors (Lipinski definition) is 1.